The SMILES string of the molecule is C[C@H](C(=O)O[C@@H](c1ccccc1)C(O)(c1ccccc1)c1ccccc1)[C@@H](O)[C@H]1CCCN1C(=O)OC(C)(C)C. The first kappa shape index (κ1) is 29.3. The number of hydrogen-bond acceptors (Lipinski definition) is 6. The van der Waals surface area contributed by atoms with E-state index in [4.69, 9.17) is 9.47 Å². The van der Waals surface area contributed by atoms with Crippen LogP contribution in [-0.4, -0.2) is 51.5 Å². The maximum Gasteiger partial charge on any atom is 0.410 e. The van der Waals surface area contributed by atoms with Gasteiger partial charge in [-0.15, -0.1) is 0 Å². The standard InChI is InChI=1S/C33H39NO6/c1-23(28(35)27-21-14-22-34(27)31(37)40-32(2,3)4)30(36)39-29(24-15-8-5-9-16-24)33(38,25-17-10-6-11-18-25)26-19-12-7-13-20-26/h5-13,15-20,23,27-29,35,38H,14,21-22H2,1-4H3/t23-,27+,28+,29-/m0/s1. The van der Waals surface area contributed by atoms with Crippen molar-refractivity contribution in [2.45, 2.75) is 70.0 Å². The summed E-state index contributed by atoms with van der Waals surface area (Å²) >= 11 is 0. The van der Waals surface area contributed by atoms with Gasteiger partial charge in [-0.3, -0.25) is 4.79 Å². The molecule has 0 unspecified atom stereocenters. The summed E-state index contributed by atoms with van der Waals surface area (Å²) in [6, 6.07) is 26.7. The number of esters is 1. The van der Waals surface area contributed by atoms with E-state index in [0.29, 0.717) is 36.1 Å². The number of amides is 1. The first-order valence-electron chi connectivity index (χ1n) is 13.8. The molecule has 3 aromatic carbocycles. The molecule has 7 nitrogen and oxygen atoms in total. The average Bonchev–Trinajstić information content (AvgIpc) is 3.45. The van der Waals surface area contributed by atoms with E-state index >= 15 is 0 Å². The highest BCUT2D eigenvalue weighted by atomic mass is 16.6. The van der Waals surface area contributed by atoms with Crippen LogP contribution in [0.3, 0.4) is 0 Å². The molecule has 1 aliphatic heterocycles. The number of rotatable bonds is 8. The van der Waals surface area contributed by atoms with Crippen LogP contribution in [0, 0.1) is 5.92 Å². The minimum Gasteiger partial charge on any atom is -0.453 e. The van der Waals surface area contributed by atoms with Crippen LogP contribution in [0.4, 0.5) is 4.79 Å². The second-order valence-corrected chi connectivity index (χ2v) is 11.4. The Morgan fingerprint density at radius 1 is 0.875 bits per heavy atom. The number of carbonyl (C=O) groups is 2. The molecule has 4 rings (SSSR count). The Balaban J connectivity index is 1.66. The molecule has 0 saturated carbocycles. The number of hydrogen-bond donors (Lipinski definition) is 2. The van der Waals surface area contributed by atoms with Crippen LogP contribution >= 0.6 is 0 Å². The van der Waals surface area contributed by atoms with Crippen LogP contribution in [0.15, 0.2) is 91.0 Å². The van der Waals surface area contributed by atoms with E-state index in [9.17, 15) is 19.8 Å². The van der Waals surface area contributed by atoms with Gasteiger partial charge in [-0.1, -0.05) is 91.0 Å². The van der Waals surface area contributed by atoms with Gasteiger partial charge in [0.15, 0.2) is 11.7 Å². The Kier molecular flexibility index (Phi) is 8.96. The van der Waals surface area contributed by atoms with E-state index in [1.807, 2.05) is 54.6 Å². The molecule has 3 aromatic rings. The van der Waals surface area contributed by atoms with E-state index in [1.54, 1.807) is 64.1 Å². The molecule has 0 radical (unpaired) electrons. The zero-order valence-electron chi connectivity index (χ0n) is 23.6. The average molecular weight is 546 g/mol. The Morgan fingerprint density at radius 2 is 1.38 bits per heavy atom. The Labute approximate surface area is 236 Å². The molecule has 40 heavy (non-hydrogen) atoms. The fourth-order valence-corrected chi connectivity index (χ4v) is 5.27. The molecule has 0 bridgehead atoms. The molecule has 7 heteroatoms. The molecular weight excluding hydrogens is 506 g/mol. The molecule has 1 heterocycles. The number of carbonyl (C=O) groups excluding carboxylic acids is 2. The lowest BCUT2D eigenvalue weighted by Crippen LogP contribution is -2.49. The van der Waals surface area contributed by atoms with Gasteiger partial charge in [0.25, 0.3) is 0 Å². The predicted octanol–water partition coefficient (Wildman–Crippen LogP) is 5.60. The highest BCUT2D eigenvalue weighted by molar-refractivity contribution is 5.74. The predicted molar refractivity (Wildman–Crippen MR) is 152 cm³/mol. The molecule has 1 amide bonds. The molecule has 0 aliphatic carbocycles. The van der Waals surface area contributed by atoms with Gasteiger partial charge in [0.05, 0.1) is 18.1 Å². The van der Waals surface area contributed by atoms with Crippen molar-refractivity contribution < 1.29 is 29.3 Å². The molecule has 0 spiro atoms. The second kappa shape index (κ2) is 12.2. The van der Waals surface area contributed by atoms with Crippen LogP contribution in [0.5, 0.6) is 0 Å². The Hall–Kier alpha value is -3.68. The van der Waals surface area contributed by atoms with E-state index in [1.165, 1.54) is 4.90 Å². The molecule has 212 valence electrons. The summed E-state index contributed by atoms with van der Waals surface area (Å²) in [5, 5.41) is 23.8. The lowest BCUT2D eigenvalue weighted by Gasteiger charge is -2.38. The molecular formula is C33H39NO6. The van der Waals surface area contributed by atoms with Crippen molar-refractivity contribution >= 4 is 12.1 Å². The number of likely N-dealkylation sites (tertiary alicyclic amines) is 1. The van der Waals surface area contributed by atoms with Crippen molar-refractivity contribution in [3.05, 3.63) is 108 Å². The quantitative estimate of drug-likeness (QED) is 0.358. The van der Waals surface area contributed by atoms with E-state index in [0.717, 1.165) is 0 Å². The third-order valence-electron chi connectivity index (χ3n) is 7.35. The van der Waals surface area contributed by atoms with E-state index < -0.39 is 47.4 Å². The number of aliphatic hydroxyl groups is 2. The highest BCUT2D eigenvalue weighted by Gasteiger charge is 2.46. The lowest BCUT2D eigenvalue weighted by molar-refractivity contribution is -0.172. The van der Waals surface area contributed by atoms with Crippen molar-refractivity contribution in [3.63, 3.8) is 0 Å². The minimum atomic E-state index is -1.72. The maximum absolute atomic E-state index is 13.7. The molecule has 1 fully saturated rings. The summed E-state index contributed by atoms with van der Waals surface area (Å²) in [5.74, 6) is -1.65. The molecule has 2 N–H and O–H groups in total. The topological polar surface area (TPSA) is 96.3 Å². The zero-order chi connectivity index (χ0) is 28.9. The first-order chi connectivity index (χ1) is 19.0. The first-order valence-corrected chi connectivity index (χ1v) is 13.8. The summed E-state index contributed by atoms with van der Waals surface area (Å²) in [6.07, 6.45) is -1.58. The minimum absolute atomic E-state index is 0.437. The van der Waals surface area contributed by atoms with Gasteiger partial charge in [-0.25, -0.2) is 4.79 Å². The zero-order valence-corrected chi connectivity index (χ0v) is 23.6. The smallest absolute Gasteiger partial charge is 0.410 e. The largest absolute Gasteiger partial charge is 0.453 e. The second-order valence-electron chi connectivity index (χ2n) is 11.4. The highest BCUT2D eigenvalue weighted by Crippen LogP contribution is 2.44. The van der Waals surface area contributed by atoms with Gasteiger partial charge in [-0.2, -0.15) is 0 Å². The van der Waals surface area contributed by atoms with Crippen molar-refractivity contribution in [2.24, 2.45) is 5.92 Å². The van der Waals surface area contributed by atoms with E-state index in [2.05, 4.69) is 0 Å². The molecule has 0 aromatic heterocycles. The summed E-state index contributed by atoms with van der Waals surface area (Å²) in [4.78, 5) is 28.0. The number of benzene rings is 3. The summed E-state index contributed by atoms with van der Waals surface area (Å²) in [6.45, 7) is 7.39. The molecule has 4 atom stereocenters. The van der Waals surface area contributed by atoms with Crippen LogP contribution in [-0.2, 0) is 19.9 Å². The number of ether oxygens (including phenoxy) is 2. The molecule has 1 aliphatic rings. The van der Waals surface area contributed by atoms with Gasteiger partial charge in [-0.05, 0) is 57.2 Å². The van der Waals surface area contributed by atoms with Gasteiger partial charge in [0, 0.05) is 6.54 Å². The van der Waals surface area contributed by atoms with Crippen molar-refractivity contribution in [1.82, 2.24) is 4.90 Å². The van der Waals surface area contributed by atoms with Gasteiger partial charge in [0.2, 0.25) is 0 Å². The summed E-state index contributed by atoms with van der Waals surface area (Å²) < 4.78 is 11.7. The maximum atomic E-state index is 13.7. The third-order valence-corrected chi connectivity index (χ3v) is 7.35. The van der Waals surface area contributed by atoms with Gasteiger partial charge >= 0.3 is 12.1 Å². The van der Waals surface area contributed by atoms with Gasteiger partial charge in [0.1, 0.15) is 5.60 Å². The summed E-state index contributed by atoms with van der Waals surface area (Å²) in [7, 11) is 0. The van der Waals surface area contributed by atoms with Crippen molar-refractivity contribution in [3.8, 4) is 0 Å². The van der Waals surface area contributed by atoms with Crippen LogP contribution in [0.25, 0.3) is 0 Å². The van der Waals surface area contributed by atoms with Crippen LogP contribution in [0.2, 0.25) is 0 Å². The fraction of sp³-hybridized carbons (Fsp3) is 0.394. The van der Waals surface area contributed by atoms with Gasteiger partial charge < -0.3 is 24.6 Å². The summed E-state index contributed by atoms with van der Waals surface area (Å²) in [5.41, 5.74) is -0.683. The van der Waals surface area contributed by atoms with Crippen molar-refractivity contribution in [2.75, 3.05) is 6.54 Å². The Morgan fingerprint density at radius 3 is 1.88 bits per heavy atom. The lowest BCUT2D eigenvalue weighted by atomic mass is 9.78. The monoisotopic (exact) mass is 545 g/mol. The fourth-order valence-electron chi connectivity index (χ4n) is 5.27. The van der Waals surface area contributed by atoms with Crippen LogP contribution in [0.1, 0.15) is 63.3 Å². The third kappa shape index (κ3) is 6.37. The van der Waals surface area contributed by atoms with E-state index in [-0.39, 0.29) is 0 Å². The number of aliphatic hydroxyl groups excluding tert-OH is 1. The Bertz CT molecular complexity index is 1220. The number of nitrogens with zero attached hydrogens (tertiary/aromatic N) is 1. The van der Waals surface area contributed by atoms with Crippen molar-refractivity contribution in [1.29, 1.82) is 0 Å². The van der Waals surface area contributed by atoms with Crippen LogP contribution < -0.4 is 0 Å². The normalized spacial score (nSPS) is 18.1. The molecule has 1 saturated heterocycles.